The van der Waals surface area contributed by atoms with Gasteiger partial charge in [0.25, 0.3) is 0 Å². The van der Waals surface area contributed by atoms with Gasteiger partial charge in [0.05, 0.1) is 11.5 Å². The average molecular weight is 353 g/mol. The van der Waals surface area contributed by atoms with Crippen LogP contribution in [0.25, 0.3) is 0 Å². The Morgan fingerprint density at radius 1 is 1.30 bits per heavy atom. The number of ether oxygens (including phenoxy) is 1. The minimum absolute atomic E-state index is 0.0566. The number of aromatic nitrogens is 3. The third-order valence-corrected chi connectivity index (χ3v) is 7.03. The maximum Gasteiger partial charge on any atom is 0.191 e. The number of hydrogen-bond acceptors (Lipinski definition) is 6. The molecule has 0 amide bonds. The summed E-state index contributed by atoms with van der Waals surface area (Å²) in [5, 5.41) is 9.18. The molecule has 1 aromatic heterocycles. The smallest absolute Gasteiger partial charge is 0.191 e. The van der Waals surface area contributed by atoms with Crippen LogP contribution >= 0.6 is 11.8 Å². The summed E-state index contributed by atoms with van der Waals surface area (Å²) in [4.78, 5) is 0. The summed E-state index contributed by atoms with van der Waals surface area (Å²) in [5.41, 5.74) is 0. The second-order valence-corrected chi connectivity index (χ2v) is 9.11. The Morgan fingerprint density at radius 2 is 2.04 bits per heavy atom. The summed E-state index contributed by atoms with van der Waals surface area (Å²) in [6.45, 7) is 1.92. The summed E-state index contributed by atoms with van der Waals surface area (Å²) in [7, 11) is -1.00. The van der Waals surface area contributed by atoms with Crippen molar-refractivity contribution >= 4 is 21.6 Å². The Labute approximate surface area is 140 Å². The zero-order valence-electron chi connectivity index (χ0n) is 13.0. The highest BCUT2D eigenvalue weighted by atomic mass is 32.2. The Bertz CT molecular complexity index is 775. The fourth-order valence-electron chi connectivity index (χ4n) is 2.54. The largest absolute Gasteiger partial charge is 0.483 e. The molecule has 3 rings (SSSR count). The van der Waals surface area contributed by atoms with Gasteiger partial charge in [0.15, 0.2) is 26.9 Å². The highest BCUT2D eigenvalue weighted by Crippen LogP contribution is 2.31. The SMILES string of the molecule is CC(Oc1ccccc1)c1nnc(SC2CCS(=O)(=O)C2)n1C. The highest BCUT2D eigenvalue weighted by Gasteiger charge is 2.30. The van der Waals surface area contributed by atoms with Gasteiger partial charge in [-0.3, -0.25) is 0 Å². The van der Waals surface area contributed by atoms with Crippen LogP contribution in [0.1, 0.15) is 25.3 Å². The molecule has 0 aliphatic carbocycles. The number of rotatable bonds is 5. The second-order valence-electron chi connectivity index (χ2n) is 5.62. The van der Waals surface area contributed by atoms with E-state index in [0.29, 0.717) is 6.42 Å². The number of nitrogens with zero attached hydrogens (tertiary/aromatic N) is 3. The molecule has 0 radical (unpaired) electrons. The van der Waals surface area contributed by atoms with Crippen molar-refractivity contribution in [2.45, 2.75) is 29.9 Å². The lowest BCUT2D eigenvalue weighted by Gasteiger charge is -2.14. The summed E-state index contributed by atoms with van der Waals surface area (Å²) < 4.78 is 30.9. The van der Waals surface area contributed by atoms with Gasteiger partial charge in [-0.05, 0) is 25.5 Å². The molecular formula is C15H19N3O3S2. The van der Waals surface area contributed by atoms with Gasteiger partial charge in [-0.15, -0.1) is 10.2 Å². The minimum Gasteiger partial charge on any atom is -0.483 e. The van der Waals surface area contributed by atoms with Crippen LogP contribution in [0.5, 0.6) is 5.75 Å². The third-order valence-electron chi connectivity index (χ3n) is 3.75. The van der Waals surface area contributed by atoms with E-state index in [2.05, 4.69) is 10.2 Å². The zero-order chi connectivity index (χ0) is 16.4. The summed E-state index contributed by atoms with van der Waals surface area (Å²) in [6.07, 6.45) is 0.433. The third kappa shape index (κ3) is 3.87. The van der Waals surface area contributed by atoms with E-state index < -0.39 is 9.84 Å². The van der Waals surface area contributed by atoms with Crippen LogP contribution in [0.3, 0.4) is 0 Å². The normalized spacial score (nSPS) is 21.2. The van der Waals surface area contributed by atoms with Crippen molar-refractivity contribution in [1.29, 1.82) is 0 Å². The number of hydrogen-bond donors (Lipinski definition) is 0. The molecule has 0 bridgehead atoms. The molecule has 6 nitrogen and oxygen atoms in total. The molecule has 1 saturated heterocycles. The summed E-state index contributed by atoms with van der Waals surface area (Å²) >= 11 is 1.48. The van der Waals surface area contributed by atoms with E-state index in [4.69, 9.17) is 4.74 Å². The maximum atomic E-state index is 11.6. The first-order valence-corrected chi connectivity index (χ1v) is 10.1. The van der Waals surface area contributed by atoms with Gasteiger partial charge in [-0.1, -0.05) is 30.0 Å². The van der Waals surface area contributed by atoms with Crippen molar-refractivity contribution < 1.29 is 13.2 Å². The number of para-hydroxylation sites is 1. The molecule has 2 heterocycles. The van der Waals surface area contributed by atoms with Crippen molar-refractivity contribution in [3.05, 3.63) is 36.2 Å². The molecule has 0 N–H and O–H groups in total. The van der Waals surface area contributed by atoms with Crippen molar-refractivity contribution in [3.8, 4) is 5.75 Å². The molecule has 1 aliphatic rings. The standard InChI is InChI=1S/C15H19N3O3S2/c1-11(21-12-6-4-3-5-7-12)14-16-17-15(18(14)2)22-13-8-9-23(19,20)10-13/h3-7,11,13H,8-10H2,1-2H3. The predicted molar refractivity (Wildman–Crippen MR) is 89.4 cm³/mol. The van der Waals surface area contributed by atoms with E-state index in [-0.39, 0.29) is 22.9 Å². The Morgan fingerprint density at radius 3 is 2.70 bits per heavy atom. The highest BCUT2D eigenvalue weighted by molar-refractivity contribution is 8.01. The first kappa shape index (κ1) is 16.3. The lowest BCUT2D eigenvalue weighted by molar-refractivity contribution is 0.211. The maximum absolute atomic E-state index is 11.6. The molecule has 2 aromatic rings. The molecule has 1 fully saturated rings. The van der Waals surface area contributed by atoms with Crippen LogP contribution in [0.4, 0.5) is 0 Å². The number of sulfone groups is 1. The molecule has 0 spiro atoms. The van der Waals surface area contributed by atoms with Crippen LogP contribution in [-0.4, -0.2) is 39.9 Å². The molecule has 1 aromatic carbocycles. The van der Waals surface area contributed by atoms with Crippen LogP contribution in [0.15, 0.2) is 35.5 Å². The monoisotopic (exact) mass is 353 g/mol. The molecule has 124 valence electrons. The number of thioether (sulfide) groups is 1. The lowest BCUT2D eigenvalue weighted by atomic mass is 10.3. The summed E-state index contributed by atoms with van der Waals surface area (Å²) in [5.74, 6) is 1.98. The number of benzene rings is 1. The molecule has 23 heavy (non-hydrogen) atoms. The van der Waals surface area contributed by atoms with Crippen molar-refractivity contribution in [2.75, 3.05) is 11.5 Å². The first-order valence-electron chi connectivity index (χ1n) is 7.43. The molecule has 8 heteroatoms. The van der Waals surface area contributed by atoms with Gasteiger partial charge in [0, 0.05) is 12.3 Å². The van der Waals surface area contributed by atoms with Crippen molar-refractivity contribution in [1.82, 2.24) is 14.8 Å². The van der Waals surface area contributed by atoms with E-state index in [0.717, 1.165) is 16.7 Å². The van der Waals surface area contributed by atoms with E-state index in [9.17, 15) is 8.42 Å². The lowest BCUT2D eigenvalue weighted by Crippen LogP contribution is -2.11. The quantitative estimate of drug-likeness (QED) is 0.821. The van der Waals surface area contributed by atoms with Gasteiger partial charge in [-0.25, -0.2) is 8.42 Å². The predicted octanol–water partition coefficient (Wildman–Crippen LogP) is 2.23. The van der Waals surface area contributed by atoms with Gasteiger partial charge in [0.1, 0.15) is 5.75 Å². The van der Waals surface area contributed by atoms with Crippen molar-refractivity contribution in [2.24, 2.45) is 7.05 Å². The molecule has 0 saturated carbocycles. The Kier molecular flexibility index (Phi) is 4.63. The van der Waals surface area contributed by atoms with E-state index in [1.165, 1.54) is 11.8 Å². The van der Waals surface area contributed by atoms with Gasteiger partial charge < -0.3 is 9.30 Å². The molecule has 2 atom stereocenters. The topological polar surface area (TPSA) is 74.1 Å². The van der Waals surface area contributed by atoms with Crippen LogP contribution in [-0.2, 0) is 16.9 Å². The van der Waals surface area contributed by atoms with Gasteiger partial charge >= 0.3 is 0 Å². The van der Waals surface area contributed by atoms with Crippen LogP contribution in [0, 0.1) is 0 Å². The molecular weight excluding hydrogens is 334 g/mol. The van der Waals surface area contributed by atoms with Gasteiger partial charge in [-0.2, -0.15) is 0 Å². The minimum atomic E-state index is -2.88. The van der Waals surface area contributed by atoms with Gasteiger partial charge in [0.2, 0.25) is 0 Å². The Hall–Kier alpha value is -1.54. The van der Waals surface area contributed by atoms with Crippen molar-refractivity contribution in [3.63, 3.8) is 0 Å². The summed E-state index contributed by atoms with van der Waals surface area (Å²) in [6, 6.07) is 9.56. The van der Waals surface area contributed by atoms with E-state index in [1.807, 2.05) is 48.9 Å². The molecule has 2 unspecified atom stereocenters. The zero-order valence-corrected chi connectivity index (χ0v) is 14.7. The average Bonchev–Trinajstić information content (AvgIpc) is 3.03. The fraction of sp³-hybridized carbons (Fsp3) is 0.467. The second kappa shape index (κ2) is 6.52. The van der Waals surface area contributed by atoms with Crippen LogP contribution in [0.2, 0.25) is 0 Å². The van der Waals surface area contributed by atoms with E-state index >= 15 is 0 Å². The Balaban J connectivity index is 1.69. The van der Waals surface area contributed by atoms with E-state index in [1.54, 1.807) is 0 Å². The van der Waals surface area contributed by atoms with Crippen LogP contribution < -0.4 is 4.74 Å². The first-order chi connectivity index (χ1) is 10.9. The molecule has 1 aliphatic heterocycles. The fourth-order valence-corrected chi connectivity index (χ4v) is 6.00.